The predicted molar refractivity (Wildman–Crippen MR) is 68.6 cm³/mol. The van der Waals surface area contributed by atoms with Crippen LogP contribution in [0.3, 0.4) is 0 Å². The van der Waals surface area contributed by atoms with Gasteiger partial charge >= 0.3 is 0 Å². The third-order valence-electron chi connectivity index (χ3n) is 3.23. The lowest BCUT2D eigenvalue weighted by Crippen LogP contribution is -2.21. The smallest absolute Gasteiger partial charge is 0.166 e. The molecular formula is C14H14N2O. The van der Waals surface area contributed by atoms with E-state index in [-0.39, 0.29) is 5.78 Å². The van der Waals surface area contributed by atoms with Crippen molar-refractivity contribution >= 4 is 23.4 Å². The summed E-state index contributed by atoms with van der Waals surface area (Å²) < 4.78 is 0. The molecule has 0 spiro atoms. The summed E-state index contributed by atoms with van der Waals surface area (Å²) in [6, 6.07) is 7.87. The Labute approximate surface area is 100 Å². The summed E-state index contributed by atoms with van der Waals surface area (Å²) in [5.41, 5.74) is 3.64. The zero-order chi connectivity index (χ0) is 11.8. The molecule has 1 aromatic carbocycles. The van der Waals surface area contributed by atoms with Crippen LogP contribution in [0.4, 0.5) is 11.4 Å². The van der Waals surface area contributed by atoms with Crippen LogP contribution in [-0.2, 0) is 4.79 Å². The first kappa shape index (κ1) is 10.3. The fourth-order valence-corrected chi connectivity index (χ4v) is 2.38. The molecule has 0 saturated heterocycles. The highest BCUT2D eigenvalue weighted by Gasteiger charge is 2.25. The number of hydrogen-bond donors (Lipinski definition) is 1. The van der Waals surface area contributed by atoms with E-state index in [1.807, 2.05) is 24.3 Å². The fraction of sp³-hybridized carbons (Fsp3) is 0.286. The van der Waals surface area contributed by atoms with Gasteiger partial charge in [0, 0.05) is 18.3 Å². The monoisotopic (exact) mass is 226 g/mol. The van der Waals surface area contributed by atoms with E-state index in [2.05, 4.69) is 17.2 Å². The van der Waals surface area contributed by atoms with E-state index < -0.39 is 0 Å². The van der Waals surface area contributed by atoms with Gasteiger partial charge in [-0.15, -0.1) is 0 Å². The quantitative estimate of drug-likeness (QED) is 0.738. The Kier molecular flexibility index (Phi) is 2.32. The van der Waals surface area contributed by atoms with Crippen LogP contribution in [-0.4, -0.2) is 12.0 Å². The van der Waals surface area contributed by atoms with Crippen LogP contribution in [0.2, 0.25) is 0 Å². The van der Waals surface area contributed by atoms with Crippen molar-refractivity contribution in [3.63, 3.8) is 0 Å². The van der Waals surface area contributed by atoms with Gasteiger partial charge in [0.15, 0.2) is 5.78 Å². The average Bonchev–Trinajstić information content (AvgIpc) is 2.47. The zero-order valence-electron chi connectivity index (χ0n) is 9.73. The van der Waals surface area contributed by atoms with Gasteiger partial charge in [0.1, 0.15) is 0 Å². The van der Waals surface area contributed by atoms with Crippen LogP contribution in [0.15, 0.2) is 40.5 Å². The number of carbonyl (C=O) groups excluding carboxylic acids is 1. The number of benzene rings is 1. The van der Waals surface area contributed by atoms with E-state index in [0.717, 1.165) is 29.1 Å². The van der Waals surface area contributed by atoms with Crippen LogP contribution in [0.25, 0.3) is 0 Å². The minimum absolute atomic E-state index is 0.197. The van der Waals surface area contributed by atoms with E-state index in [4.69, 9.17) is 0 Å². The molecule has 0 saturated carbocycles. The summed E-state index contributed by atoms with van der Waals surface area (Å²) in [6.45, 7) is 2.11. The van der Waals surface area contributed by atoms with Gasteiger partial charge in [0.25, 0.3) is 0 Å². The van der Waals surface area contributed by atoms with E-state index in [1.54, 1.807) is 6.21 Å². The Morgan fingerprint density at radius 1 is 1.29 bits per heavy atom. The largest absolute Gasteiger partial charge is 0.356 e. The standard InChI is InChI=1S/C14H14N2O/c1-9-6-13-10(14(17)7-9)8-15-11-4-2-3-5-12(11)16-13/h2-5,8-9,16H,6-7H2,1H3/t9-/m1/s1. The Morgan fingerprint density at radius 2 is 2.12 bits per heavy atom. The van der Waals surface area contributed by atoms with Gasteiger partial charge in [-0.05, 0) is 24.5 Å². The molecule has 17 heavy (non-hydrogen) atoms. The van der Waals surface area contributed by atoms with Crippen molar-refractivity contribution in [2.75, 3.05) is 5.32 Å². The molecule has 0 amide bonds. The SMILES string of the molecule is C[C@H]1CC(=O)C2=C(C1)Nc1ccccc1N=C2. The molecule has 0 bridgehead atoms. The Bertz CT molecular complexity index is 543. The van der Waals surface area contributed by atoms with Gasteiger partial charge < -0.3 is 5.32 Å². The molecule has 0 fully saturated rings. The molecule has 0 radical (unpaired) electrons. The van der Waals surface area contributed by atoms with Crippen molar-refractivity contribution in [2.24, 2.45) is 10.9 Å². The third-order valence-corrected chi connectivity index (χ3v) is 3.23. The first-order valence-electron chi connectivity index (χ1n) is 5.90. The highest BCUT2D eigenvalue weighted by atomic mass is 16.1. The van der Waals surface area contributed by atoms with Crippen LogP contribution in [0.1, 0.15) is 19.8 Å². The molecule has 3 rings (SSSR count). The molecular weight excluding hydrogens is 212 g/mol. The van der Waals surface area contributed by atoms with Crippen LogP contribution in [0.5, 0.6) is 0 Å². The van der Waals surface area contributed by atoms with Crippen molar-refractivity contribution in [3.8, 4) is 0 Å². The van der Waals surface area contributed by atoms with E-state index >= 15 is 0 Å². The number of nitrogens with zero attached hydrogens (tertiary/aromatic N) is 1. The number of carbonyl (C=O) groups is 1. The normalized spacial score (nSPS) is 22.6. The lowest BCUT2D eigenvalue weighted by molar-refractivity contribution is -0.116. The van der Waals surface area contributed by atoms with Crippen molar-refractivity contribution in [3.05, 3.63) is 35.5 Å². The van der Waals surface area contributed by atoms with E-state index in [9.17, 15) is 4.79 Å². The maximum absolute atomic E-state index is 12.0. The van der Waals surface area contributed by atoms with E-state index in [1.165, 1.54) is 0 Å². The fourth-order valence-electron chi connectivity index (χ4n) is 2.38. The van der Waals surface area contributed by atoms with Gasteiger partial charge in [-0.3, -0.25) is 9.79 Å². The number of ketones is 1. The number of nitrogens with one attached hydrogen (secondary N) is 1. The number of fused-ring (bicyclic) bond motifs is 1. The molecule has 1 aromatic rings. The molecule has 86 valence electrons. The zero-order valence-corrected chi connectivity index (χ0v) is 9.73. The first-order valence-corrected chi connectivity index (χ1v) is 5.90. The second kappa shape index (κ2) is 3.84. The van der Waals surface area contributed by atoms with Gasteiger partial charge in [-0.1, -0.05) is 19.1 Å². The maximum atomic E-state index is 12.0. The van der Waals surface area contributed by atoms with Crippen LogP contribution >= 0.6 is 0 Å². The van der Waals surface area contributed by atoms with Crippen LogP contribution < -0.4 is 5.32 Å². The van der Waals surface area contributed by atoms with Crippen molar-refractivity contribution in [1.82, 2.24) is 0 Å². The minimum Gasteiger partial charge on any atom is -0.356 e. The highest BCUT2D eigenvalue weighted by molar-refractivity contribution is 6.16. The van der Waals surface area contributed by atoms with Crippen LogP contribution in [0, 0.1) is 5.92 Å². The van der Waals surface area contributed by atoms with E-state index in [0.29, 0.717) is 12.3 Å². The minimum atomic E-state index is 0.197. The van der Waals surface area contributed by atoms with Gasteiger partial charge in [-0.25, -0.2) is 0 Å². The molecule has 0 unspecified atom stereocenters. The molecule has 3 nitrogen and oxygen atoms in total. The number of rotatable bonds is 0. The number of aliphatic imine (C=N–C) groups is 1. The lowest BCUT2D eigenvalue weighted by atomic mass is 9.88. The molecule has 1 heterocycles. The van der Waals surface area contributed by atoms with Gasteiger partial charge in [-0.2, -0.15) is 0 Å². The second-order valence-electron chi connectivity index (χ2n) is 4.73. The number of para-hydroxylation sites is 2. The summed E-state index contributed by atoms with van der Waals surface area (Å²) in [5, 5.41) is 3.36. The molecule has 2 aliphatic rings. The number of anilines is 1. The maximum Gasteiger partial charge on any atom is 0.166 e. The first-order chi connectivity index (χ1) is 8.24. The summed E-state index contributed by atoms with van der Waals surface area (Å²) >= 11 is 0. The van der Waals surface area contributed by atoms with Crippen molar-refractivity contribution < 1.29 is 4.79 Å². The second-order valence-corrected chi connectivity index (χ2v) is 4.73. The summed E-state index contributed by atoms with van der Waals surface area (Å²) in [4.78, 5) is 16.3. The number of Topliss-reactive ketones (excluding diaryl/α,β-unsaturated/α-hetero) is 1. The molecule has 1 aliphatic heterocycles. The molecule has 1 N–H and O–H groups in total. The molecule has 1 atom stereocenters. The topological polar surface area (TPSA) is 41.5 Å². The summed E-state index contributed by atoms with van der Waals surface area (Å²) in [7, 11) is 0. The average molecular weight is 226 g/mol. The highest BCUT2D eigenvalue weighted by Crippen LogP contribution is 2.33. The number of hydrogen-bond acceptors (Lipinski definition) is 3. The molecule has 3 heteroatoms. The molecule has 1 aliphatic carbocycles. The third kappa shape index (κ3) is 1.78. The van der Waals surface area contributed by atoms with Crippen molar-refractivity contribution in [1.29, 1.82) is 0 Å². The predicted octanol–water partition coefficient (Wildman–Crippen LogP) is 3.07. The molecule has 0 aromatic heterocycles. The Hall–Kier alpha value is -1.90. The van der Waals surface area contributed by atoms with Gasteiger partial charge in [0.05, 0.1) is 16.9 Å². The Morgan fingerprint density at radius 3 is 3.00 bits per heavy atom. The van der Waals surface area contributed by atoms with Crippen molar-refractivity contribution in [2.45, 2.75) is 19.8 Å². The summed E-state index contributed by atoms with van der Waals surface area (Å²) in [6.07, 6.45) is 3.26. The Balaban J connectivity index is 2.07. The summed E-state index contributed by atoms with van der Waals surface area (Å²) in [5.74, 6) is 0.607. The lowest BCUT2D eigenvalue weighted by Gasteiger charge is -2.22. The van der Waals surface area contributed by atoms with Gasteiger partial charge in [0.2, 0.25) is 0 Å². The number of allylic oxidation sites excluding steroid dienone is 2.